The fourth-order valence-electron chi connectivity index (χ4n) is 4.50. The van der Waals surface area contributed by atoms with Crippen molar-refractivity contribution in [2.45, 2.75) is 71.3 Å². The van der Waals surface area contributed by atoms with Crippen LogP contribution < -0.4 is 4.74 Å². The van der Waals surface area contributed by atoms with Crippen LogP contribution in [0.4, 0.5) is 5.82 Å². The van der Waals surface area contributed by atoms with Gasteiger partial charge < -0.3 is 9.72 Å². The average Bonchev–Trinajstić information content (AvgIpc) is 3.11. The van der Waals surface area contributed by atoms with E-state index < -0.39 is 0 Å². The van der Waals surface area contributed by atoms with Crippen LogP contribution in [0.2, 0.25) is 0 Å². The van der Waals surface area contributed by atoms with Crippen molar-refractivity contribution in [2.24, 2.45) is 16.8 Å². The zero-order valence-corrected chi connectivity index (χ0v) is 20.3. The van der Waals surface area contributed by atoms with Crippen molar-refractivity contribution in [3.8, 4) is 6.01 Å². The molecule has 170 valence electrons. The standard InChI is InChI=1S/C27H34ClN3O/c1-17-8-10-21(11-9-17)22-12-14-23(15-13-22)25(19(3)28)30-26-20(4)29-27(31-26)32-24-7-5-6-18(2)16-24/h8,10-15,17-19,24H,5-7,9,16H2,1-4H3,(H,29,31). The molecule has 0 amide bonds. The molecule has 5 heteroatoms. The number of aliphatic imine (C=N–C) groups is 1. The molecule has 4 rings (SSSR count). The molecule has 1 aromatic carbocycles. The molecule has 32 heavy (non-hydrogen) atoms. The summed E-state index contributed by atoms with van der Waals surface area (Å²) in [6.07, 6.45) is 12.8. The molecule has 1 heterocycles. The molecule has 1 saturated carbocycles. The highest BCUT2D eigenvalue weighted by Crippen LogP contribution is 2.29. The van der Waals surface area contributed by atoms with E-state index in [2.05, 4.69) is 66.3 Å². The number of hydrogen-bond donors (Lipinski definition) is 1. The number of rotatable bonds is 6. The van der Waals surface area contributed by atoms with Crippen LogP contribution in [0.25, 0.3) is 5.57 Å². The van der Waals surface area contributed by atoms with Crippen molar-refractivity contribution < 1.29 is 4.74 Å². The van der Waals surface area contributed by atoms with Crippen LogP contribution in [0.5, 0.6) is 6.01 Å². The van der Waals surface area contributed by atoms with Gasteiger partial charge in [0.2, 0.25) is 0 Å². The summed E-state index contributed by atoms with van der Waals surface area (Å²) in [5, 5.41) is -0.241. The van der Waals surface area contributed by atoms with E-state index >= 15 is 0 Å². The minimum atomic E-state index is -0.241. The first-order valence-corrected chi connectivity index (χ1v) is 12.3. The maximum absolute atomic E-state index is 6.54. The van der Waals surface area contributed by atoms with E-state index in [1.165, 1.54) is 24.0 Å². The van der Waals surface area contributed by atoms with Gasteiger partial charge in [0.15, 0.2) is 5.82 Å². The van der Waals surface area contributed by atoms with Crippen molar-refractivity contribution >= 4 is 28.7 Å². The molecule has 0 aliphatic heterocycles. The molecular formula is C27H34ClN3O. The SMILES string of the molecule is Cc1[nH]c(OC2CCCC(C)C2)nc1N=C(c1ccc(C2=CCC(C)C=C2)cc1)C(C)Cl. The molecule has 2 aliphatic carbocycles. The fraction of sp³-hybridized carbons (Fsp3) is 0.481. The van der Waals surface area contributed by atoms with Crippen molar-refractivity contribution in [1.82, 2.24) is 9.97 Å². The summed E-state index contributed by atoms with van der Waals surface area (Å²) in [7, 11) is 0. The number of alkyl halides is 1. The Morgan fingerprint density at radius 2 is 2.00 bits per heavy atom. The third kappa shape index (κ3) is 5.53. The molecule has 4 unspecified atom stereocenters. The van der Waals surface area contributed by atoms with Crippen molar-refractivity contribution in [3.63, 3.8) is 0 Å². The lowest BCUT2D eigenvalue weighted by atomic mass is 9.89. The van der Waals surface area contributed by atoms with Gasteiger partial charge in [-0.15, -0.1) is 11.6 Å². The second-order valence-electron chi connectivity index (χ2n) is 9.42. The molecule has 2 aromatic rings. The Morgan fingerprint density at radius 3 is 2.66 bits per heavy atom. The van der Waals surface area contributed by atoms with Crippen LogP contribution in [0.15, 0.2) is 47.5 Å². The largest absolute Gasteiger partial charge is 0.461 e. The quantitative estimate of drug-likeness (QED) is 0.367. The molecule has 0 saturated heterocycles. The molecule has 1 fully saturated rings. The number of allylic oxidation sites excluding steroid dienone is 4. The van der Waals surface area contributed by atoms with E-state index in [1.54, 1.807) is 0 Å². The Balaban J connectivity index is 1.53. The van der Waals surface area contributed by atoms with Crippen LogP contribution >= 0.6 is 11.6 Å². The first kappa shape index (κ1) is 22.8. The first-order chi connectivity index (χ1) is 15.4. The van der Waals surface area contributed by atoms with E-state index in [0.717, 1.165) is 36.2 Å². The topological polar surface area (TPSA) is 50.3 Å². The number of nitrogens with one attached hydrogen (secondary N) is 1. The number of imidazole rings is 1. The number of nitrogens with zero attached hydrogens (tertiary/aromatic N) is 2. The van der Waals surface area contributed by atoms with Crippen molar-refractivity contribution in [3.05, 3.63) is 59.3 Å². The number of benzene rings is 1. The summed E-state index contributed by atoms with van der Waals surface area (Å²) >= 11 is 6.54. The van der Waals surface area contributed by atoms with Crippen LogP contribution in [0, 0.1) is 18.8 Å². The van der Waals surface area contributed by atoms with Gasteiger partial charge in [0.1, 0.15) is 6.10 Å². The summed E-state index contributed by atoms with van der Waals surface area (Å²) in [6.45, 7) is 8.45. The summed E-state index contributed by atoms with van der Waals surface area (Å²) in [4.78, 5) is 12.7. The minimum Gasteiger partial charge on any atom is -0.461 e. The zero-order chi connectivity index (χ0) is 22.7. The summed E-state index contributed by atoms with van der Waals surface area (Å²) in [5.41, 5.74) is 5.20. The van der Waals surface area contributed by atoms with E-state index in [0.29, 0.717) is 23.7 Å². The molecular weight excluding hydrogens is 418 g/mol. The Kier molecular flexibility index (Phi) is 7.20. The van der Waals surface area contributed by atoms with Crippen LogP contribution in [0.1, 0.15) is 69.7 Å². The van der Waals surface area contributed by atoms with Gasteiger partial charge in [-0.25, -0.2) is 4.99 Å². The summed E-state index contributed by atoms with van der Waals surface area (Å²) < 4.78 is 6.14. The Hall–Kier alpha value is -2.33. The predicted molar refractivity (Wildman–Crippen MR) is 134 cm³/mol. The number of hydrogen-bond acceptors (Lipinski definition) is 3. The van der Waals surface area contributed by atoms with Gasteiger partial charge >= 0.3 is 0 Å². The molecule has 1 N–H and O–H groups in total. The van der Waals surface area contributed by atoms with Crippen molar-refractivity contribution in [1.29, 1.82) is 0 Å². The lowest BCUT2D eigenvalue weighted by Crippen LogP contribution is -2.24. The first-order valence-electron chi connectivity index (χ1n) is 11.8. The monoisotopic (exact) mass is 451 g/mol. The van der Waals surface area contributed by atoms with Gasteiger partial charge in [-0.2, -0.15) is 4.98 Å². The second kappa shape index (κ2) is 10.1. The summed E-state index contributed by atoms with van der Waals surface area (Å²) in [5.74, 6) is 1.96. The maximum atomic E-state index is 6.54. The van der Waals surface area contributed by atoms with Gasteiger partial charge in [-0.1, -0.05) is 62.8 Å². The lowest BCUT2D eigenvalue weighted by Gasteiger charge is -2.26. The second-order valence-corrected chi connectivity index (χ2v) is 10.1. The van der Waals surface area contributed by atoms with Gasteiger partial charge in [0, 0.05) is 0 Å². The highest BCUT2D eigenvalue weighted by Gasteiger charge is 2.22. The third-order valence-electron chi connectivity index (χ3n) is 6.43. The number of aromatic amines is 1. The average molecular weight is 452 g/mol. The Morgan fingerprint density at radius 1 is 1.22 bits per heavy atom. The van der Waals surface area contributed by atoms with Crippen LogP contribution in [-0.4, -0.2) is 27.2 Å². The van der Waals surface area contributed by atoms with E-state index in [-0.39, 0.29) is 11.5 Å². The van der Waals surface area contributed by atoms with Gasteiger partial charge in [0.25, 0.3) is 6.01 Å². The Bertz CT molecular complexity index is 1020. The van der Waals surface area contributed by atoms with Crippen LogP contribution in [0.3, 0.4) is 0 Å². The molecule has 4 atom stereocenters. The molecule has 2 aliphatic rings. The molecule has 0 spiro atoms. The number of H-pyrrole nitrogens is 1. The highest BCUT2D eigenvalue weighted by molar-refractivity contribution is 6.35. The fourth-order valence-corrected chi connectivity index (χ4v) is 4.68. The molecule has 0 radical (unpaired) electrons. The van der Waals surface area contributed by atoms with Gasteiger partial charge in [-0.05, 0) is 68.1 Å². The number of ether oxygens (including phenoxy) is 1. The molecule has 1 aromatic heterocycles. The summed E-state index contributed by atoms with van der Waals surface area (Å²) in [6, 6.07) is 9.05. The molecule has 4 nitrogen and oxygen atoms in total. The number of aromatic nitrogens is 2. The van der Waals surface area contributed by atoms with Crippen LogP contribution in [-0.2, 0) is 0 Å². The third-order valence-corrected chi connectivity index (χ3v) is 6.64. The minimum absolute atomic E-state index is 0.228. The van der Waals surface area contributed by atoms with Crippen molar-refractivity contribution in [2.75, 3.05) is 0 Å². The maximum Gasteiger partial charge on any atom is 0.296 e. The van der Waals surface area contributed by atoms with Gasteiger partial charge in [-0.3, -0.25) is 0 Å². The van der Waals surface area contributed by atoms with E-state index in [1.807, 2.05) is 13.8 Å². The zero-order valence-electron chi connectivity index (χ0n) is 19.6. The van der Waals surface area contributed by atoms with Gasteiger partial charge in [0.05, 0.1) is 16.8 Å². The molecule has 0 bridgehead atoms. The normalized spacial score (nSPS) is 24.8. The lowest BCUT2D eigenvalue weighted by molar-refractivity contribution is 0.119. The predicted octanol–water partition coefficient (Wildman–Crippen LogP) is 7.40. The van der Waals surface area contributed by atoms with E-state index in [9.17, 15) is 0 Å². The smallest absolute Gasteiger partial charge is 0.296 e. The van der Waals surface area contributed by atoms with E-state index in [4.69, 9.17) is 21.3 Å². The highest BCUT2D eigenvalue weighted by atomic mass is 35.5. The number of aryl methyl sites for hydroxylation is 1. The number of halogens is 1. The Labute approximate surface area is 196 Å².